The molecule has 4 atom stereocenters. The molecule has 32 heavy (non-hydrogen) atoms. The van der Waals surface area contributed by atoms with Gasteiger partial charge in [0, 0.05) is 25.9 Å². The molecule has 2 aliphatic rings. The fraction of sp³-hybridized carbons (Fsp3) is 0.462. The van der Waals surface area contributed by atoms with Gasteiger partial charge in [0.1, 0.15) is 12.2 Å². The van der Waals surface area contributed by atoms with Crippen LogP contribution in [0.15, 0.2) is 60.7 Å². The smallest absolute Gasteiger partial charge is 0.223 e. The van der Waals surface area contributed by atoms with Gasteiger partial charge in [0.05, 0.1) is 25.3 Å². The maximum Gasteiger partial charge on any atom is 0.223 e. The van der Waals surface area contributed by atoms with Crippen molar-refractivity contribution in [3.8, 4) is 0 Å². The van der Waals surface area contributed by atoms with Crippen molar-refractivity contribution < 1.29 is 19.1 Å². The number of carbonyl (C=O) groups is 2. The standard InChI is InChI=1S/C26H32N2O4/c1-19-25(21-9-5-3-6-10-21)31-17-15-27(19)23(29)13-14-24(30)28-16-18-32-26(20(28)2)22-11-7-4-8-12-22/h3-12,19-20,25-26H,13-18H2,1-2H3. The highest BCUT2D eigenvalue weighted by Crippen LogP contribution is 2.30. The summed E-state index contributed by atoms with van der Waals surface area (Å²) in [5, 5.41) is 0. The maximum absolute atomic E-state index is 13.0. The Balaban J connectivity index is 1.34. The summed E-state index contributed by atoms with van der Waals surface area (Å²) >= 11 is 0. The van der Waals surface area contributed by atoms with Crippen LogP contribution >= 0.6 is 0 Å². The molecule has 2 fully saturated rings. The molecule has 2 saturated heterocycles. The molecule has 4 unspecified atom stereocenters. The third-order valence-electron chi connectivity index (χ3n) is 6.57. The minimum atomic E-state index is -0.143. The lowest BCUT2D eigenvalue weighted by Crippen LogP contribution is -2.50. The van der Waals surface area contributed by atoms with Crippen molar-refractivity contribution in [3.63, 3.8) is 0 Å². The van der Waals surface area contributed by atoms with Crippen LogP contribution in [0.5, 0.6) is 0 Å². The van der Waals surface area contributed by atoms with Gasteiger partial charge in [-0.1, -0.05) is 60.7 Å². The average Bonchev–Trinajstić information content (AvgIpc) is 2.83. The average molecular weight is 437 g/mol. The Labute approximate surface area is 190 Å². The van der Waals surface area contributed by atoms with Crippen LogP contribution in [-0.4, -0.2) is 60.0 Å². The van der Waals surface area contributed by atoms with Crippen LogP contribution in [-0.2, 0) is 19.1 Å². The summed E-state index contributed by atoms with van der Waals surface area (Å²) in [4.78, 5) is 29.8. The summed E-state index contributed by atoms with van der Waals surface area (Å²) in [5.41, 5.74) is 2.14. The van der Waals surface area contributed by atoms with Gasteiger partial charge in [-0.2, -0.15) is 0 Å². The van der Waals surface area contributed by atoms with Crippen LogP contribution in [0.25, 0.3) is 0 Å². The second-order valence-corrected chi connectivity index (χ2v) is 8.56. The first-order chi connectivity index (χ1) is 15.6. The number of hydrogen-bond acceptors (Lipinski definition) is 4. The summed E-state index contributed by atoms with van der Waals surface area (Å²) in [6, 6.07) is 19.9. The number of benzene rings is 2. The summed E-state index contributed by atoms with van der Waals surface area (Å²) < 4.78 is 11.9. The molecule has 170 valence electrons. The fourth-order valence-corrected chi connectivity index (χ4v) is 4.81. The molecule has 2 aromatic rings. The largest absolute Gasteiger partial charge is 0.370 e. The Morgan fingerprint density at radius 3 is 1.47 bits per heavy atom. The Hall–Kier alpha value is -2.70. The van der Waals surface area contributed by atoms with Gasteiger partial charge in [0.2, 0.25) is 11.8 Å². The first-order valence-corrected chi connectivity index (χ1v) is 11.5. The lowest BCUT2D eigenvalue weighted by molar-refractivity contribution is -0.151. The van der Waals surface area contributed by atoms with Gasteiger partial charge in [-0.25, -0.2) is 0 Å². The molecule has 0 radical (unpaired) electrons. The minimum Gasteiger partial charge on any atom is -0.370 e. The number of ether oxygens (including phenoxy) is 2. The van der Waals surface area contributed by atoms with E-state index in [9.17, 15) is 9.59 Å². The molecule has 0 aliphatic carbocycles. The molecule has 2 amide bonds. The van der Waals surface area contributed by atoms with E-state index in [0.29, 0.717) is 26.3 Å². The quantitative estimate of drug-likeness (QED) is 0.716. The van der Waals surface area contributed by atoms with Crippen LogP contribution in [0.4, 0.5) is 0 Å². The normalized spacial score (nSPS) is 26.1. The first-order valence-electron chi connectivity index (χ1n) is 11.5. The van der Waals surface area contributed by atoms with Crippen molar-refractivity contribution in [1.29, 1.82) is 0 Å². The van der Waals surface area contributed by atoms with Gasteiger partial charge in [0.15, 0.2) is 0 Å². The van der Waals surface area contributed by atoms with E-state index in [-0.39, 0.29) is 48.9 Å². The van der Waals surface area contributed by atoms with E-state index >= 15 is 0 Å². The number of nitrogens with zero attached hydrogens (tertiary/aromatic N) is 2. The molecule has 2 aliphatic heterocycles. The molecular weight excluding hydrogens is 404 g/mol. The second-order valence-electron chi connectivity index (χ2n) is 8.56. The van der Waals surface area contributed by atoms with Gasteiger partial charge in [-0.05, 0) is 25.0 Å². The topological polar surface area (TPSA) is 59.1 Å². The molecule has 0 bridgehead atoms. The number of morpholine rings is 2. The zero-order valence-corrected chi connectivity index (χ0v) is 18.9. The van der Waals surface area contributed by atoms with Crippen molar-refractivity contribution in [3.05, 3.63) is 71.8 Å². The van der Waals surface area contributed by atoms with Gasteiger partial charge < -0.3 is 19.3 Å². The van der Waals surface area contributed by atoms with Crippen molar-refractivity contribution in [2.75, 3.05) is 26.3 Å². The van der Waals surface area contributed by atoms with Gasteiger partial charge in [-0.3, -0.25) is 9.59 Å². The molecule has 2 aromatic carbocycles. The highest BCUT2D eigenvalue weighted by molar-refractivity contribution is 5.84. The van der Waals surface area contributed by atoms with Crippen molar-refractivity contribution in [2.45, 2.75) is 51.0 Å². The van der Waals surface area contributed by atoms with Crippen molar-refractivity contribution in [1.82, 2.24) is 9.80 Å². The summed E-state index contributed by atoms with van der Waals surface area (Å²) in [5.74, 6) is 0.0196. The molecule has 0 saturated carbocycles. The maximum atomic E-state index is 13.0. The molecule has 0 spiro atoms. The molecule has 6 nitrogen and oxygen atoms in total. The predicted octanol–water partition coefficient (Wildman–Crippen LogP) is 3.74. The minimum absolute atomic E-state index is 0.00982. The monoisotopic (exact) mass is 436 g/mol. The van der Waals surface area contributed by atoms with Crippen LogP contribution < -0.4 is 0 Å². The van der Waals surface area contributed by atoms with Gasteiger partial charge >= 0.3 is 0 Å². The summed E-state index contributed by atoms with van der Waals surface area (Å²) in [6.07, 6.45) is 0.140. The lowest BCUT2D eigenvalue weighted by atomic mass is 9.99. The Kier molecular flexibility index (Phi) is 7.22. The van der Waals surface area contributed by atoms with Crippen LogP contribution in [0, 0.1) is 0 Å². The SMILES string of the molecule is CC1C(c2ccccc2)OCCN1C(=O)CCC(=O)N1CCOC(c2ccccc2)C1C. The number of carbonyl (C=O) groups excluding carboxylic acids is 2. The third-order valence-corrected chi connectivity index (χ3v) is 6.57. The number of hydrogen-bond donors (Lipinski definition) is 0. The Morgan fingerprint density at radius 2 is 1.09 bits per heavy atom. The lowest BCUT2D eigenvalue weighted by Gasteiger charge is -2.41. The highest BCUT2D eigenvalue weighted by atomic mass is 16.5. The number of amides is 2. The fourth-order valence-electron chi connectivity index (χ4n) is 4.81. The molecular formula is C26H32N2O4. The van der Waals surface area contributed by atoms with E-state index in [0.717, 1.165) is 11.1 Å². The summed E-state index contributed by atoms with van der Waals surface area (Å²) in [7, 11) is 0. The van der Waals surface area contributed by atoms with Gasteiger partial charge in [0.25, 0.3) is 0 Å². The molecule has 6 heteroatoms. The molecule has 4 rings (SSSR count). The van der Waals surface area contributed by atoms with E-state index in [2.05, 4.69) is 0 Å². The summed E-state index contributed by atoms with van der Waals surface area (Å²) in [6.45, 7) is 6.16. The van der Waals surface area contributed by atoms with Gasteiger partial charge in [-0.15, -0.1) is 0 Å². The highest BCUT2D eigenvalue weighted by Gasteiger charge is 2.35. The zero-order valence-electron chi connectivity index (χ0n) is 18.9. The predicted molar refractivity (Wildman–Crippen MR) is 122 cm³/mol. The molecule has 0 N–H and O–H groups in total. The van der Waals surface area contributed by atoms with E-state index in [1.54, 1.807) is 0 Å². The van der Waals surface area contributed by atoms with E-state index in [1.165, 1.54) is 0 Å². The Bertz CT molecular complexity index is 829. The van der Waals surface area contributed by atoms with E-state index in [1.807, 2.05) is 84.3 Å². The van der Waals surface area contributed by atoms with E-state index in [4.69, 9.17) is 9.47 Å². The first kappa shape index (κ1) is 22.5. The number of rotatable bonds is 5. The zero-order chi connectivity index (χ0) is 22.5. The van der Waals surface area contributed by atoms with Crippen molar-refractivity contribution in [2.24, 2.45) is 0 Å². The van der Waals surface area contributed by atoms with E-state index < -0.39 is 0 Å². The van der Waals surface area contributed by atoms with Crippen molar-refractivity contribution >= 4 is 11.8 Å². The molecule has 0 aromatic heterocycles. The van der Waals surface area contributed by atoms with Crippen LogP contribution in [0.1, 0.15) is 50.0 Å². The third kappa shape index (κ3) is 4.87. The second kappa shape index (κ2) is 10.3. The molecule has 2 heterocycles. The van der Waals surface area contributed by atoms with Crippen LogP contribution in [0.2, 0.25) is 0 Å². The Morgan fingerprint density at radius 1 is 0.719 bits per heavy atom. The van der Waals surface area contributed by atoms with Crippen LogP contribution in [0.3, 0.4) is 0 Å².